The molecule has 1 unspecified atom stereocenters. The van der Waals surface area contributed by atoms with Crippen LogP contribution in [0.4, 0.5) is 0 Å². The van der Waals surface area contributed by atoms with Crippen molar-refractivity contribution < 1.29 is 14.3 Å². The highest BCUT2D eigenvalue weighted by molar-refractivity contribution is 6.02. The normalized spacial score (nSPS) is 31.3. The van der Waals surface area contributed by atoms with Gasteiger partial charge < -0.3 is 4.74 Å². The van der Waals surface area contributed by atoms with Crippen LogP contribution >= 0.6 is 0 Å². The van der Waals surface area contributed by atoms with E-state index in [1.54, 1.807) is 0 Å². The second kappa shape index (κ2) is 4.38. The van der Waals surface area contributed by atoms with Gasteiger partial charge in [-0.05, 0) is 12.3 Å². The molecule has 17 heavy (non-hydrogen) atoms. The molecular formula is C12H18N2O3. The summed E-state index contributed by atoms with van der Waals surface area (Å²) >= 11 is 0. The molecule has 5 heteroatoms. The maximum absolute atomic E-state index is 11.5. The van der Waals surface area contributed by atoms with E-state index in [1.807, 2.05) is 0 Å². The summed E-state index contributed by atoms with van der Waals surface area (Å²) in [6.45, 7) is 4.50. The lowest BCUT2D eigenvalue weighted by molar-refractivity contribution is -0.145. The number of carbonyl (C=O) groups excluding carboxylic acids is 2. The molecule has 5 nitrogen and oxygen atoms in total. The van der Waals surface area contributed by atoms with Crippen LogP contribution in [0.1, 0.15) is 19.3 Å². The first-order chi connectivity index (χ1) is 8.24. The molecule has 3 aliphatic rings. The van der Waals surface area contributed by atoms with Crippen molar-refractivity contribution in [1.82, 2.24) is 9.80 Å². The van der Waals surface area contributed by atoms with Crippen molar-refractivity contribution in [2.45, 2.75) is 25.3 Å². The van der Waals surface area contributed by atoms with Crippen LogP contribution in [-0.4, -0.2) is 60.5 Å². The fraction of sp³-hybridized carbons (Fsp3) is 0.833. The minimum Gasteiger partial charge on any atom is -0.381 e. The topological polar surface area (TPSA) is 49.9 Å². The fourth-order valence-electron chi connectivity index (χ4n) is 2.95. The van der Waals surface area contributed by atoms with Gasteiger partial charge in [0, 0.05) is 39.1 Å². The molecule has 3 heterocycles. The van der Waals surface area contributed by atoms with Crippen molar-refractivity contribution in [1.29, 1.82) is 0 Å². The van der Waals surface area contributed by atoms with E-state index in [1.165, 1.54) is 4.90 Å². The van der Waals surface area contributed by atoms with Gasteiger partial charge in [0.25, 0.3) is 0 Å². The van der Waals surface area contributed by atoms with Gasteiger partial charge in [0.15, 0.2) is 0 Å². The minimum atomic E-state index is 0.0175. The summed E-state index contributed by atoms with van der Waals surface area (Å²) in [4.78, 5) is 26.9. The summed E-state index contributed by atoms with van der Waals surface area (Å²) in [6, 6.07) is 0.139. The molecular weight excluding hydrogens is 220 g/mol. The molecule has 0 aromatic rings. The molecule has 0 aliphatic carbocycles. The quantitative estimate of drug-likeness (QED) is 0.642. The molecule has 0 spiro atoms. The second-order valence-corrected chi connectivity index (χ2v) is 5.26. The molecule has 1 atom stereocenters. The first-order valence-corrected chi connectivity index (χ1v) is 6.39. The van der Waals surface area contributed by atoms with Gasteiger partial charge in [0.1, 0.15) is 0 Å². The Morgan fingerprint density at radius 2 is 1.88 bits per heavy atom. The van der Waals surface area contributed by atoms with Gasteiger partial charge in [-0.1, -0.05) is 0 Å². The van der Waals surface area contributed by atoms with Crippen molar-refractivity contribution in [3.8, 4) is 0 Å². The third-order valence-corrected chi connectivity index (χ3v) is 3.93. The average Bonchev–Trinajstić information content (AvgIpc) is 2.84. The zero-order valence-electron chi connectivity index (χ0n) is 9.93. The van der Waals surface area contributed by atoms with E-state index >= 15 is 0 Å². The highest BCUT2D eigenvalue weighted by atomic mass is 16.5. The lowest BCUT2D eigenvalue weighted by Gasteiger charge is -2.43. The fourth-order valence-corrected chi connectivity index (χ4v) is 2.95. The molecule has 0 saturated carbocycles. The standard InChI is InChI=1S/C12H18N2O3/c15-11-1-2-12(16)14(11)10-6-13(7-10)5-9-3-4-17-8-9/h9-10H,1-8H2. The predicted molar refractivity (Wildman–Crippen MR) is 60.2 cm³/mol. The van der Waals surface area contributed by atoms with Crippen molar-refractivity contribution >= 4 is 11.8 Å². The zero-order chi connectivity index (χ0) is 11.8. The molecule has 0 N–H and O–H groups in total. The van der Waals surface area contributed by atoms with Gasteiger partial charge in [0.05, 0.1) is 12.6 Å². The lowest BCUT2D eigenvalue weighted by atomic mass is 10.0. The third kappa shape index (κ3) is 2.09. The third-order valence-electron chi connectivity index (χ3n) is 3.93. The van der Waals surface area contributed by atoms with Crippen LogP contribution in [0.25, 0.3) is 0 Å². The molecule has 3 fully saturated rings. The van der Waals surface area contributed by atoms with Gasteiger partial charge >= 0.3 is 0 Å². The van der Waals surface area contributed by atoms with Gasteiger partial charge in [0.2, 0.25) is 11.8 Å². The maximum atomic E-state index is 11.5. The Kier molecular flexibility index (Phi) is 2.88. The Morgan fingerprint density at radius 3 is 2.47 bits per heavy atom. The van der Waals surface area contributed by atoms with Crippen molar-refractivity contribution in [3.05, 3.63) is 0 Å². The van der Waals surface area contributed by atoms with E-state index in [-0.39, 0.29) is 17.9 Å². The Labute approximate surface area is 101 Å². The largest absolute Gasteiger partial charge is 0.381 e. The predicted octanol–water partition coefficient (Wildman–Crippen LogP) is -0.144. The van der Waals surface area contributed by atoms with Crippen LogP contribution in [-0.2, 0) is 14.3 Å². The van der Waals surface area contributed by atoms with Crippen molar-refractivity contribution in [2.24, 2.45) is 5.92 Å². The first kappa shape index (κ1) is 11.2. The second-order valence-electron chi connectivity index (χ2n) is 5.26. The number of ether oxygens (including phenoxy) is 1. The van der Waals surface area contributed by atoms with E-state index in [4.69, 9.17) is 4.74 Å². The summed E-state index contributed by atoms with van der Waals surface area (Å²) in [6.07, 6.45) is 1.96. The molecule has 2 amide bonds. The van der Waals surface area contributed by atoms with E-state index < -0.39 is 0 Å². The van der Waals surface area contributed by atoms with Crippen LogP contribution in [0.2, 0.25) is 0 Å². The number of likely N-dealkylation sites (tertiary alicyclic amines) is 2. The van der Waals surface area contributed by atoms with Gasteiger partial charge in [-0.2, -0.15) is 0 Å². The number of rotatable bonds is 3. The first-order valence-electron chi connectivity index (χ1n) is 6.39. The maximum Gasteiger partial charge on any atom is 0.230 e. The SMILES string of the molecule is O=C1CCC(=O)N1C1CN(CC2CCOC2)C1. The molecule has 3 aliphatic heterocycles. The molecule has 0 bridgehead atoms. The van der Waals surface area contributed by atoms with Crippen LogP contribution in [0.3, 0.4) is 0 Å². The molecule has 94 valence electrons. The van der Waals surface area contributed by atoms with E-state index in [2.05, 4.69) is 4.90 Å². The summed E-state index contributed by atoms with van der Waals surface area (Å²) in [5, 5.41) is 0. The number of hydrogen-bond donors (Lipinski definition) is 0. The van der Waals surface area contributed by atoms with Crippen molar-refractivity contribution in [2.75, 3.05) is 32.8 Å². The highest BCUT2D eigenvalue weighted by Crippen LogP contribution is 2.24. The Balaban J connectivity index is 1.47. The summed E-state index contributed by atoms with van der Waals surface area (Å²) < 4.78 is 5.34. The molecule has 0 aromatic carbocycles. The van der Waals surface area contributed by atoms with Gasteiger partial charge in [-0.15, -0.1) is 0 Å². The monoisotopic (exact) mass is 238 g/mol. The van der Waals surface area contributed by atoms with Crippen LogP contribution in [0, 0.1) is 5.92 Å². The minimum absolute atomic E-state index is 0.0175. The summed E-state index contributed by atoms with van der Waals surface area (Å²) in [7, 11) is 0. The smallest absolute Gasteiger partial charge is 0.230 e. The molecule has 0 aromatic heterocycles. The number of carbonyl (C=O) groups is 2. The number of imide groups is 1. The average molecular weight is 238 g/mol. The number of nitrogens with zero attached hydrogens (tertiary/aromatic N) is 2. The van der Waals surface area contributed by atoms with Crippen LogP contribution in [0.5, 0.6) is 0 Å². The van der Waals surface area contributed by atoms with E-state index in [0.717, 1.165) is 39.3 Å². The Hall–Kier alpha value is -0.940. The van der Waals surface area contributed by atoms with E-state index in [9.17, 15) is 9.59 Å². The van der Waals surface area contributed by atoms with Gasteiger partial charge in [-0.3, -0.25) is 19.4 Å². The molecule has 3 rings (SSSR count). The Morgan fingerprint density at radius 1 is 1.18 bits per heavy atom. The van der Waals surface area contributed by atoms with Crippen LogP contribution in [0.15, 0.2) is 0 Å². The number of amides is 2. The lowest BCUT2D eigenvalue weighted by Crippen LogP contribution is -2.61. The van der Waals surface area contributed by atoms with Gasteiger partial charge in [-0.25, -0.2) is 0 Å². The highest BCUT2D eigenvalue weighted by Gasteiger charge is 2.41. The molecule has 3 saturated heterocycles. The van der Waals surface area contributed by atoms with E-state index in [0.29, 0.717) is 18.8 Å². The Bertz CT molecular complexity index is 317. The summed E-state index contributed by atoms with van der Waals surface area (Å²) in [5.41, 5.74) is 0. The van der Waals surface area contributed by atoms with Crippen molar-refractivity contribution in [3.63, 3.8) is 0 Å². The molecule has 0 radical (unpaired) electrons. The number of hydrogen-bond acceptors (Lipinski definition) is 4. The van der Waals surface area contributed by atoms with Crippen LogP contribution < -0.4 is 0 Å². The zero-order valence-corrected chi connectivity index (χ0v) is 9.93. The summed E-state index contributed by atoms with van der Waals surface area (Å²) in [5.74, 6) is 0.675.